The molecule has 0 heterocycles. The maximum absolute atomic E-state index is 13.5. The van der Waals surface area contributed by atoms with Crippen LogP contribution in [-0.2, 0) is 22.1 Å². The lowest BCUT2D eigenvalue weighted by molar-refractivity contribution is 0.600. The van der Waals surface area contributed by atoms with Gasteiger partial charge in [-0.3, -0.25) is 0 Å². The van der Waals surface area contributed by atoms with Crippen molar-refractivity contribution in [3.05, 3.63) is 35.1 Å². The van der Waals surface area contributed by atoms with E-state index in [0.29, 0.717) is 17.1 Å². The number of nitrogens with one attached hydrogen (secondary N) is 2. The standard InChI is InChI=1S/C18H30FN3O2S.HI/c1-4-6-7-8-11-21-18(20-5-2)22-13-16-12-17(19)10-9-15(16)14-25(3,23)24;/h9-10,12H,4-8,11,13-14H2,1-3H3,(H2,20,21,22);1H. The Bertz CT molecular complexity index is 666. The van der Waals surface area contributed by atoms with Gasteiger partial charge in [0.2, 0.25) is 0 Å². The molecule has 26 heavy (non-hydrogen) atoms. The predicted molar refractivity (Wildman–Crippen MR) is 117 cm³/mol. The molecule has 0 spiro atoms. The van der Waals surface area contributed by atoms with E-state index in [1.165, 1.54) is 43.7 Å². The summed E-state index contributed by atoms with van der Waals surface area (Å²) in [5.41, 5.74) is 1.18. The lowest BCUT2D eigenvalue weighted by Crippen LogP contribution is -2.37. The van der Waals surface area contributed by atoms with Gasteiger partial charge in [-0.25, -0.2) is 17.8 Å². The summed E-state index contributed by atoms with van der Waals surface area (Å²) in [6.45, 7) is 5.93. The normalized spacial score (nSPS) is 11.8. The summed E-state index contributed by atoms with van der Waals surface area (Å²) in [4.78, 5) is 4.47. The van der Waals surface area contributed by atoms with Crippen LogP contribution in [0.5, 0.6) is 0 Å². The van der Waals surface area contributed by atoms with Gasteiger partial charge < -0.3 is 10.6 Å². The molecular weight excluding hydrogens is 468 g/mol. The summed E-state index contributed by atoms with van der Waals surface area (Å²) in [6.07, 6.45) is 5.82. The molecule has 8 heteroatoms. The number of nitrogens with zero attached hydrogens (tertiary/aromatic N) is 1. The van der Waals surface area contributed by atoms with E-state index in [1.807, 2.05) is 6.92 Å². The summed E-state index contributed by atoms with van der Waals surface area (Å²) >= 11 is 0. The number of hydrogen-bond acceptors (Lipinski definition) is 3. The van der Waals surface area contributed by atoms with Crippen LogP contribution in [0.15, 0.2) is 23.2 Å². The van der Waals surface area contributed by atoms with Crippen LogP contribution in [0.3, 0.4) is 0 Å². The Morgan fingerprint density at radius 2 is 1.85 bits per heavy atom. The topological polar surface area (TPSA) is 70.6 Å². The van der Waals surface area contributed by atoms with Gasteiger partial charge in [-0.05, 0) is 36.6 Å². The first-order valence-corrected chi connectivity index (χ1v) is 10.9. The number of halogens is 2. The average molecular weight is 499 g/mol. The molecule has 0 radical (unpaired) electrons. The van der Waals surface area contributed by atoms with Crippen molar-refractivity contribution in [1.82, 2.24) is 10.6 Å². The number of hydrogen-bond donors (Lipinski definition) is 2. The molecule has 1 rings (SSSR count). The second kappa shape index (κ2) is 13.3. The van der Waals surface area contributed by atoms with E-state index < -0.39 is 9.84 Å². The van der Waals surface area contributed by atoms with Crippen LogP contribution in [0, 0.1) is 5.82 Å². The van der Waals surface area contributed by atoms with Crippen molar-refractivity contribution in [3.63, 3.8) is 0 Å². The van der Waals surface area contributed by atoms with Gasteiger partial charge in [0.15, 0.2) is 15.8 Å². The van der Waals surface area contributed by atoms with Gasteiger partial charge in [0.1, 0.15) is 5.82 Å². The molecule has 0 aliphatic carbocycles. The zero-order valence-electron chi connectivity index (χ0n) is 15.8. The quantitative estimate of drug-likeness (QED) is 0.223. The van der Waals surface area contributed by atoms with Crippen molar-refractivity contribution in [2.24, 2.45) is 4.99 Å². The number of benzene rings is 1. The van der Waals surface area contributed by atoms with Crippen molar-refractivity contribution in [2.45, 2.75) is 51.8 Å². The Morgan fingerprint density at radius 3 is 2.46 bits per heavy atom. The molecule has 0 unspecified atom stereocenters. The summed E-state index contributed by atoms with van der Waals surface area (Å²) in [5.74, 6) is 0.160. The molecule has 150 valence electrons. The highest BCUT2D eigenvalue weighted by molar-refractivity contribution is 14.0. The fraction of sp³-hybridized carbons (Fsp3) is 0.611. The summed E-state index contributed by atoms with van der Waals surface area (Å²) < 4.78 is 36.6. The first-order valence-electron chi connectivity index (χ1n) is 8.83. The maximum Gasteiger partial charge on any atom is 0.191 e. The molecule has 0 aliphatic rings. The first-order chi connectivity index (χ1) is 11.9. The fourth-order valence-corrected chi connectivity index (χ4v) is 3.28. The number of sulfone groups is 1. The Hall–Kier alpha value is -0.900. The minimum absolute atomic E-state index is 0. The number of aliphatic imine (C=N–C) groups is 1. The monoisotopic (exact) mass is 499 g/mol. The van der Waals surface area contributed by atoms with E-state index in [1.54, 1.807) is 0 Å². The second-order valence-corrected chi connectivity index (χ2v) is 8.31. The fourth-order valence-electron chi connectivity index (χ4n) is 2.43. The van der Waals surface area contributed by atoms with Gasteiger partial charge in [-0.15, -0.1) is 24.0 Å². The Labute approximate surface area is 174 Å². The van der Waals surface area contributed by atoms with Crippen molar-refractivity contribution in [1.29, 1.82) is 0 Å². The molecule has 2 N–H and O–H groups in total. The minimum atomic E-state index is -3.19. The highest BCUT2D eigenvalue weighted by Crippen LogP contribution is 2.15. The lowest BCUT2D eigenvalue weighted by atomic mass is 10.1. The van der Waals surface area contributed by atoms with E-state index in [9.17, 15) is 12.8 Å². The van der Waals surface area contributed by atoms with Crippen LogP contribution in [0.2, 0.25) is 0 Å². The van der Waals surface area contributed by atoms with Crippen LogP contribution in [-0.4, -0.2) is 33.7 Å². The van der Waals surface area contributed by atoms with Crippen molar-refractivity contribution in [3.8, 4) is 0 Å². The van der Waals surface area contributed by atoms with Crippen LogP contribution in [0.1, 0.15) is 50.7 Å². The number of unbranched alkanes of at least 4 members (excludes halogenated alkanes) is 3. The third-order valence-electron chi connectivity index (χ3n) is 3.66. The van der Waals surface area contributed by atoms with Crippen LogP contribution in [0.4, 0.5) is 4.39 Å². The van der Waals surface area contributed by atoms with Gasteiger partial charge in [0.05, 0.1) is 12.3 Å². The Kier molecular flexibility index (Phi) is 12.8. The van der Waals surface area contributed by atoms with E-state index in [4.69, 9.17) is 0 Å². The SMILES string of the molecule is CCCCCCNC(=NCc1cc(F)ccc1CS(C)(=O)=O)NCC.I. The summed E-state index contributed by atoms with van der Waals surface area (Å²) in [5, 5.41) is 6.41. The smallest absolute Gasteiger partial charge is 0.191 e. The molecule has 0 aliphatic heterocycles. The van der Waals surface area contributed by atoms with Gasteiger partial charge in [0, 0.05) is 19.3 Å². The van der Waals surface area contributed by atoms with Gasteiger partial charge >= 0.3 is 0 Å². The highest BCUT2D eigenvalue weighted by atomic mass is 127. The molecular formula is C18H31FIN3O2S. The molecule has 0 aromatic heterocycles. The van der Waals surface area contributed by atoms with E-state index in [2.05, 4.69) is 22.5 Å². The van der Waals surface area contributed by atoms with Gasteiger partial charge in [-0.2, -0.15) is 0 Å². The third kappa shape index (κ3) is 10.9. The molecule has 0 saturated carbocycles. The average Bonchev–Trinajstić information content (AvgIpc) is 2.53. The third-order valence-corrected chi connectivity index (χ3v) is 4.50. The molecule has 0 saturated heterocycles. The highest BCUT2D eigenvalue weighted by Gasteiger charge is 2.10. The minimum Gasteiger partial charge on any atom is -0.357 e. The second-order valence-electron chi connectivity index (χ2n) is 6.17. The molecule has 0 atom stereocenters. The number of guanidine groups is 1. The van der Waals surface area contributed by atoms with Crippen LogP contribution in [0.25, 0.3) is 0 Å². The molecule has 1 aromatic rings. The molecule has 0 bridgehead atoms. The Morgan fingerprint density at radius 1 is 1.12 bits per heavy atom. The van der Waals surface area contributed by atoms with E-state index >= 15 is 0 Å². The summed E-state index contributed by atoms with van der Waals surface area (Å²) in [7, 11) is -3.19. The van der Waals surface area contributed by atoms with E-state index in [0.717, 1.165) is 19.5 Å². The molecule has 0 fully saturated rings. The molecule has 0 amide bonds. The lowest BCUT2D eigenvalue weighted by Gasteiger charge is -2.12. The van der Waals surface area contributed by atoms with Crippen LogP contribution < -0.4 is 10.6 Å². The summed E-state index contributed by atoms with van der Waals surface area (Å²) in [6, 6.07) is 4.16. The zero-order valence-corrected chi connectivity index (χ0v) is 19.0. The van der Waals surface area contributed by atoms with Gasteiger partial charge in [-0.1, -0.05) is 32.3 Å². The van der Waals surface area contributed by atoms with Crippen molar-refractivity contribution < 1.29 is 12.8 Å². The largest absolute Gasteiger partial charge is 0.357 e. The van der Waals surface area contributed by atoms with Gasteiger partial charge in [0.25, 0.3) is 0 Å². The maximum atomic E-state index is 13.5. The van der Waals surface area contributed by atoms with Crippen LogP contribution >= 0.6 is 24.0 Å². The van der Waals surface area contributed by atoms with Crippen molar-refractivity contribution >= 4 is 39.8 Å². The predicted octanol–water partition coefficient (Wildman–Crippen LogP) is 3.62. The molecule has 1 aromatic carbocycles. The zero-order chi connectivity index (χ0) is 18.7. The Balaban J connectivity index is 0.00000625. The van der Waals surface area contributed by atoms with E-state index in [-0.39, 0.29) is 42.1 Å². The first kappa shape index (κ1) is 25.1. The van der Waals surface area contributed by atoms with Crippen molar-refractivity contribution in [2.75, 3.05) is 19.3 Å². The molecule has 5 nitrogen and oxygen atoms in total. The number of rotatable bonds is 10.